The molecule has 150 valence electrons. The van der Waals surface area contributed by atoms with Gasteiger partial charge in [0.25, 0.3) is 6.43 Å². The fraction of sp³-hybridized carbons (Fsp3) is 0.263. The van der Waals surface area contributed by atoms with Gasteiger partial charge in [-0.1, -0.05) is 0 Å². The second-order valence-corrected chi connectivity index (χ2v) is 6.66. The van der Waals surface area contributed by atoms with Gasteiger partial charge >= 0.3 is 0 Å². The molecule has 1 amide bonds. The highest BCUT2D eigenvalue weighted by Crippen LogP contribution is 2.33. The van der Waals surface area contributed by atoms with Crippen LogP contribution in [0.3, 0.4) is 0 Å². The summed E-state index contributed by atoms with van der Waals surface area (Å²) < 4.78 is 35.6. The minimum absolute atomic E-state index is 0.189. The third-order valence-corrected chi connectivity index (χ3v) is 4.48. The minimum atomic E-state index is -2.73. The number of hydrogen-bond acceptors (Lipinski definition) is 5. The van der Waals surface area contributed by atoms with Gasteiger partial charge in [-0.3, -0.25) is 9.48 Å². The lowest BCUT2D eigenvalue weighted by molar-refractivity contribution is -0.116. The largest absolute Gasteiger partial charge is 0.463 e. The molecule has 0 aliphatic heterocycles. The molecule has 0 aliphatic carbocycles. The third kappa shape index (κ3) is 3.48. The Hall–Kier alpha value is -3.56. The van der Waals surface area contributed by atoms with Crippen LogP contribution in [0, 0.1) is 13.8 Å². The summed E-state index contributed by atoms with van der Waals surface area (Å²) in [6.45, 7) is 3.24. The number of pyridine rings is 1. The number of carbonyl (C=O) groups excluding carboxylic acids is 1. The van der Waals surface area contributed by atoms with Gasteiger partial charge < -0.3 is 9.73 Å². The van der Waals surface area contributed by atoms with Gasteiger partial charge in [0.1, 0.15) is 18.1 Å². The second kappa shape index (κ2) is 7.12. The molecule has 0 fully saturated rings. The van der Waals surface area contributed by atoms with Gasteiger partial charge in [-0.2, -0.15) is 10.2 Å². The van der Waals surface area contributed by atoms with E-state index in [1.165, 1.54) is 17.0 Å². The van der Waals surface area contributed by atoms with E-state index in [2.05, 4.69) is 20.5 Å². The van der Waals surface area contributed by atoms with E-state index in [4.69, 9.17) is 4.42 Å². The molecule has 0 radical (unpaired) electrons. The van der Waals surface area contributed by atoms with Crippen LogP contribution in [-0.2, 0) is 18.4 Å². The van der Waals surface area contributed by atoms with Crippen LogP contribution in [0.15, 0.2) is 34.9 Å². The first-order valence-electron chi connectivity index (χ1n) is 8.84. The van der Waals surface area contributed by atoms with Crippen molar-refractivity contribution in [1.29, 1.82) is 0 Å². The Morgan fingerprint density at radius 1 is 1.28 bits per heavy atom. The second-order valence-electron chi connectivity index (χ2n) is 6.66. The number of nitrogens with one attached hydrogen (secondary N) is 1. The number of carbonyl (C=O) groups is 1. The number of furan rings is 1. The molecule has 0 unspecified atom stereocenters. The maximum atomic E-state index is 13.7. The predicted molar refractivity (Wildman–Crippen MR) is 101 cm³/mol. The van der Waals surface area contributed by atoms with Crippen molar-refractivity contribution in [2.45, 2.75) is 26.8 Å². The van der Waals surface area contributed by atoms with E-state index >= 15 is 0 Å². The van der Waals surface area contributed by atoms with Crippen molar-refractivity contribution in [3.05, 3.63) is 47.5 Å². The number of hydrogen-bond donors (Lipinski definition) is 1. The summed E-state index contributed by atoms with van der Waals surface area (Å²) in [6, 6.07) is 6.30. The molecule has 8 nitrogen and oxygen atoms in total. The number of rotatable bonds is 5. The monoisotopic (exact) mass is 400 g/mol. The van der Waals surface area contributed by atoms with Gasteiger partial charge in [0.15, 0.2) is 11.4 Å². The maximum Gasteiger partial charge on any atom is 0.264 e. The fourth-order valence-corrected chi connectivity index (χ4v) is 3.27. The van der Waals surface area contributed by atoms with E-state index in [1.807, 2.05) is 6.92 Å². The highest BCUT2D eigenvalue weighted by Gasteiger charge is 2.22. The van der Waals surface area contributed by atoms with Crippen molar-refractivity contribution in [3.63, 3.8) is 0 Å². The van der Waals surface area contributed by atoms with E-state index in [0.29, 0.717) is 17.3 Å². The highest BCUT2D eigenvalue weighted by molar-refractivity contribution is 5.91. The van der Waals surface area contributed by atoms with Crippen LogP contribution in [-0.4, -0.2) is 30.5 Å². The van der Waals surface area contributed by atoms with Crippen LogP contribution >= 0.6 is 0 Å². The van der Waals surface area contributed by atoms with Gasteiger partial charge in [-0.25, -0.2) is 18.4 Å². The Kier molecular flexibility index (Phi) is 4.61. The lowest BCUT2D eigenvalue weighted by Gasteiger charge is -2.08. The Morgan fingerprint density at radius 2 is 2.07 bits per heavy atom. The van der Waals surface area contributed by atoms with Crippen molar-refractivity contribution in [1.82, 2.24) is 24.5 Å². The summed E-state index contributed by atoms with van der Waals surface area (Å²) in [4.78, 5) is 17.0. The van der Waals surface area contributed by atoms with Crippen molar-refractivity contribution in [3.8, 4) is 11.5 Å². The minimum Gasteiger partial charge on any atom is -0.463 e. The molecule has 0 aliphatic rings. The Morgan fingerprint density at radius 3 is 2.69 bits per heavy atom. The summed E-state index contributed by atoms with van der Waals surface area (Å²) in [7, 11) is 1.71. The van der Waals surface area contributed by atoms with Gasteiger partial charge in [-0.15, -0.1) is 0 Å². The van der Waals surface area contributed by atoms with Crippen LogP contribution in [0.1, 0.15) is 23.4 Å². The first-order valence-corrected chi connectivity index (χ1v) is 8.84. The topological polar surface area (TPSA) is 90.8 Å². The quantitative estimate of drug-likeness (QED) is 0.553. The Bertz CT molecular complexity index is 1190. The standard InChI is InChI=1S/C19H18F2N6O2/c1-10-7-15(26(3)24-10)23-16(28)9-27-19-17(11(2)25-27)12(18(20)21)8-13(22-19)14-5-4-6-29-14/h4-8,18H,9H2,1-3H3,(H,23,28). The zero-order valence-corrected chi connectivity index (χ0v) is 16.0. The molecule has 4 rings (SSSR count). The number of nitrogens with zero attached hydrogens (tertiary/aromatic N) is 5. The molecule has 29 heavy (non-hydrogen) atoms. The van der Waals surface area contributed by atoms with Crippen LogP contribution in [0.5, 0.6) is 0 Å². The predicted octanol–water partition coefficient (Wildman–Crippen LogP) is 3.62. The van der Waals surface area contributed by atoms with Crippen molar-refractivity contribution >= 4 is 22.8 Å². The van der Waals surface area contributed by atoms with Gasteiger partial charge in [-0.05, 0) is 32.0 Å². The van der Waals surface area contributed by atoms with Crippen LogP contribution in [0.2, 0.25) is 0 Å². The number of halogens is 2. The number of amides is 1. The van der Waals surface area contributed by atoms with Crippen molar-refractivity contribution < 1.29 is 18.0 Å². The molecule has 0 saturated heterocycles. The lowest BCUT2D eigenvalue weighted by Crippen LogP contribution is -2.21. The van der Waals surface area contributed by atoms with Crippen LogP contribution < -0.4 is 5.32 Å². The summed E-state index contributed by atoms with van der Waals surface area (Å²) in [5.41, 5.74) is 1.38. The molecule has 4 heterocycles. The molecular formula is C19H18F2N6O2. The smallest absolute Gasteiger partial charge is 0.264 e. The molecule has 4 aromatic heterocycles. The molecule has 10 heteroatoms. The average Bonchev–Trinajstić information content (AvgIpc) is 3.36. The molecule has 0 saturated carbocycles. The maximum absolute atomic E-state index is 13.7. The van der Waals surface area contributed by atoms with Gasteiger partial charge in [0, 0.05) is 18.7 Å². The molecule has 0 atom stereocenters. The van der Waals surface area contributed by atoms with Gasteiger partial charge in [0.05, 0.1) is 23.0 Å². The van der Waals surface area contributed by atoms with Crippen LogP contribution in [0.25, 0.3) is 22.5 Å². The van der Waals surface area contributed by atoms with Crippen LogP contribution in [0.4, 0.5) is 14.6 Å². The molecule has 4 aromatic rings. The molecule has 1 N–H and O–H groups in total. The zero-order chi connectivity index (χ0) is 20.7. The molecule has 0 bridgehead atoms. The number of alkyl halides is 2. The van der Waals surface area contributed by atoms with E-state index in [9.17, 15) is 13.6 Å². The van der Waals surface area contributed by atoms with E-state index in [0.717, 1.165) is 5.69 Å². The highest BCUT2D eigenvalue weighted by atomic mass is 19.3. The first kappa shape index (κ1) is 18.8. The number of fused-ring (bicyclic) bond motifs is 1. The van der Waals surface area contributed by atoms with E-state index in [-0.39, 0.29) is 34.7 Å². The molecular weight excluding hydrogens is 382 g/mol. The van der Waals surface area contributed by atoms with Crippen molar-refractivity contribution in [2.75, 3.05) is 5.32 Å². The lowest BCUT2D eigenvalue weighted by atomic mass is 10.1. The Balaban J connectivity index is 1.74. The summed E-state index contributed by atoms with van der Waals surface area (Å²) in [6.07, 6.45) is -1.29. The van der Waals surface area contributed by atoms with Crippen molar-refractivity contribution in [2.24, 2.45) is 7.05 Å². The normalized spacial score (nSPS) is 11.5. The SMILES string of the molecule is Cc1cc(NC(=O)Cn2nc(C)c3c(C(F)F)cc(-c4ccco4)nc32)n(C)n1. The van der Waals surface area contributed by atoms with E-state index in [1.54, 1.807) is 36.9 Å². The summed E-state index contributed by atoms with van der Waals surface area (Å²) in [5, 5.41) is 11.4. The number of anilines is 1. The van der Waals surface area contributed by atoms with Gasteiger partial charge in [0.2, 0.25) is 5.91 Å². The Labute approximate surface area is 164 Å². The number of aryl methyl sites for hydroxylation is 3. The zero-order valence-electron chi connectivity index (χ0n) is 16.0. The first-order chi connectivity index (χ1) is 13.8. The third-order valence-electron chi connectivity index (χ3n) is 4.48. The number of aromatic nitrogens is 5. The molecule has 0 aromatic carbocycles. The van der Waals surface area contributed by atoms with E-state index < -0.39 is 6.43 Å². The molecule has 0 spiro atoms. The average molecular weight is 400 g/mol. The summed E-state index contributed by atoms with van der Waals surface area (Å²) in [5.74, 6) is 0.508. The fourth-order valence-electron chi connectivity index (χ4n) is 3.27. The summed E-state index contributed by atoms with van der Waals surface area (Å²) >= 11 is 0.